The molecule has 1 aromatic carbocycles. The number of carbonyl (C=O) groups is 2. The molecule has 6 nitrogen and oxygen atoms in total. The average molecular weight is 781 g/mol. The summed E-state index contributed by atoms with van der Waals surface area (Å²) in [5, 5.41) is 22.3. The van der Waals surface area contributed by atoms with Crippen LogP contribution in [-0.4, -0.2) is 28.3 Å². The third-order valence-corrected chi connectivity index (χ3v) is 14.2. The Morgan fingerprint density at radius 1 is 0.607 bits per heavy atom. The number of benzene rings is 1. The van der Waals surface area contributed by atoms with Crippen molar-refractivity contribution in [3.05, 3.63) is 17.2 Å². The van der Waals surface area contributed by atoms with Crippen LogP contribution in [0.3, 0.4) is 0 Å². The van der Waals surface area contributed by atoms with Crippen molar-refractivity contribution in [2.75, 3.05) is 0 Å². The Hall–Kier alpha value is -2.08. The molecule has 0 saturated heterocycles. The van der Waals surface area contributed by atoms with Crippen LogP contribution in [0, 0.1) is 17.3 Å². The number of aliphatic hydroxyl groups excluding tert-OH is 1. The largest absolute Gasteiger partial charge is 0.504 e. The van der Waals surface area contributed by atoms with E-state index in [9.17, 15) is 19.8 Å². The highest BCUT2D eigenvalue weighted by Crippen LogP contribution is 2.63. The first-order valence-electron chi connectivity index (χ1n) is 24.3. The first-order valence-corrected chi connectivity index (χ1v) is 24.3. The van der Waals surface area contributed by atoms with Gasteiger partial charge in [0.15, 0.2) is 11.5 Å². The Morgan fingerprint density at radius 2 is 1.04 bits per heavy atom. The summed E-state index contributed by atoms with van der Waals surface area (Å²) in [4.78, 5) is 26.8. The maximum atomic E-state index is 13.5. The number of esters is 2. The van der Waals surface area contributed by atoms with E-state index < -0.39 is 0 Å². The Balaban J connectivity index is 1.28. The maximum absolute atomic E-state index is 13.5. The fourth-order valence-corrected chi connectivity index (χ4v) is 10.8. The van der Waals surface area contributed by atoms with E-state index in [0.717, 1.165) is 88.2 Å². The zero-order valence-corrected chi connectivity index (χ0v) is 36.5. The summed E-state index contributed by atoms with van der Waals surface area (Å²) in [5.41, 5.74) is 1.89. The van der Waals surface area contributed by atoms with Gasteiger partial charge >= 0.3 is 11.9 Å². The van der Waals surface area contributed by atoms with Crippen LogP contribution in [0.25, 0.3) is 0 Å². The molecule has 1 aromatic rings. The highest BCUT2D eigenvalue weighted by atomic mass is 16.6. The molecule has 0 heterocycles. The summed E-state index contributed by atoms with van der Waals surface area (Å²) in [6.45, 7) is 6.79. The van der Waals surface area contributed by atoms with Gasteiger partial charge in [-0.1, -0.05) is 175 Å². The molecule has 0 unspecified atom stereocenters. The topological polar surface area (TPSA) is 93.1 Å². The van der Waals surface area contributed by atoms with Crippen molar-refractivity contribution in [1.82, 2.24) is 0 Å². The van der Waals surface area contributed by atoms with E-state index in [2.05, 4.69) is 20.8 Å². The predicted molar refractivity (Wildman–Crippen MR) is 231 cm³/mol. The Bertz CT molecular complexity index is 1270. The number of aliphatic hydroxyl groups is 1. The molecule has 6 heteroatoms. The fourth-order valence-electron chi connectivity index (χ4n) is 10.8. The normalized spacial score (nSPS) is 22.7. The molecule has 0 bridgehead atoms. The van der Waals surface area contributed by atoms with Gasteiger partial charge in [0.2, 0.25) is 5.75 Å². The van der Waals surface area contributed by atoms with Gasteiger partial charge in [0.05, 0.1) is 6.10 Å². The highest BCUT2D eigenvalue weighted by Gasteiger charge is 2.55. The monoisotopic (exact) mass is 781 g/mol. The van der Waals surface area contributed by atoms with Gasteiger partial charge in [0.25, 0.3) is 0 Å². The van der Waals surface area contributed by atoms with Crippen molar-refractivity contribution in [2.24, 2.45) is 17.3 Å². The van der Waals surface area contributed by atoms with Crippen LogP contribution >= 0.6 is 0 Å². The molecule has 320 valence electrons. The molecule has 2 N–H and O–H groups in total. The number of hydrogen-bond donors (Lipinski definition) is 2. The molecule has 56 heavy (non-hydrogen) atoms. The van der Waals surface area contributed by atoms with Gasteiger partial charge in [0, 0.05) is 18.4 Å². The van der Waals surface area contributed by atoms with E-state index >= 15 is 0 Å². The van der Waals surface area contributed by atoms with E-state index in [4.69, 9.17) is 9.47 Å². The van der Waals surface area contributed by atoms with Gasteiger partial charge in [-0.2, -0.15) is 0 Å². The van der Waals surface area contributed by atoms with E-state index in [-0.39, 0.29) is 53.0 Å². The fraction of sp³-hybridized carbons (Fsp3) is 0.840. The molecule has 0 amide bonds. The summed E-state index contributed by atoms with van der Waals surface area (Å²) >= 11 is 0. The third kappa shape index (κ3) is 14.6. The minimum Gasteiger partial charge on any atom is -0.504 e. The number of phenolic OH excluding ortho intramolecular Hbond substituents is 1. The summed E-state index contributed by atoms with van der Waals surface area (Å²) in [6.07, 6.45) is 38.0. The Morgan fingerprint density at radius 3 is 1.50 bits per heavy atom. The van der Waals surface area contributed by atoms with E-state index in [1.807, 2.05) is 0 Å². The lowest BCUT2D eigenvalue weighted by Crippen LogP contribution is -2.44. The SMILES string of the molecule is CCCCCCCCCCCCCCCC(=O)Oc1c(O)cc2c(c1OC(=O)CCCCCCCCCCCCCCC)[C@H]1CC[C@]3(C)[C@@H](O)CC[C@H]3[C@H]1CC2. The summed E-state index contributed by atoms with van der Waals surface area (Å²) in [6, 6.07) is 1.76. The number of unbranched alkanes of at least 4 members (excludes halogenated alkanes) is 24. The molecule has 2 saturated carbocycles. The van der Waals surface area contributed by atoms with Crippen LogP contribution in [0.1, 0.15) is 250 Å². The Labute approximate surface area is 343 Å². The second-order valence-corrected chi connectivity index (χ2v) is 18.6. The lowest BCUT2D eigenvalue weighted by atomic mass is 9.55. The lowest BCUT2D eigenvalue weighted by Gasteiger charge is -2.50. The predicted octanol–water partition coefficient (Wildman–Crippen LogP) is 14.4. The van der Waals surface area contributed by atoms with Crippen molar-refractivity contribution in [1.29, 1.82) is 0 Å². The molecule has 3 aliphatic carbocycles. The van der Waals surface area contributed by atoms with Crippen LogP contribution in [0.5, 0.6) is 17.2 Å². The molecular weight excluding hydrogens is 697 g/mol. The van der Waals surface area contributed by atoms with Gasteiger partial charge in [0.1, 0.15) is 0 Å². The summed E-state index contributed by atoms with van der Waals surface area (Å²) in [5.74, 6) is 0.457. The lowest BCUT2D eigenvalue weighted by molar-refractivity contribution is -0.137. The molecule has 0 spiro atoms. The van der Waals surface area contributed by atoms with E-state index in [1.54, 1.807) is 6.07 Å². The highest BCUT2D eigenvalue weighted by molar-refractivity contribution is 5.79. The molecule has 0 radical (unpaired) electrons. The van der Waals surface area contributed by atoms with Gasteiger partial charge in [-0.05, 0) is 86.2 Å². The minimum absolute atomic E-state index is 0.0302. The molecular formula is C50H84O6. The zero-order valence-electron chi connectivity index (χ0n) is 36.5. The van der Waals surface area contributed by atoms with E-state index in [0.29, 0.717) is 18.3 Å². The van der Waals surface area contributed by atoms with Crippen LogP contribution in [0.15, 0.2) is 6.07 Å². The van der Waals surface area contributed by atoms with Crippen molar-refractivity contribution in [2.45, 2.75) is 251 Å². The van der Waals surface area contributed by atoms with E-state index in [1.165, 1.54) is 128 Å². The number of phenols is 1. The quantitative estimate of drug-likeness (QED) is 0.0459. The van der Waals surface area contributed by atoms with Crippen LogP contribution in [-0.2, 0) is 16.0 Å². The average Bonchev–Trinajstić information content (AvgIpc) is 3.50. The number of fused-ring (bicyclic) bond motifs is 5. The molecule has 0 aromatic heterocycles. The van der Waals surface area contributed by atoms with Crippen molar-refractivity contribution >= 4 is 11.9 Å². The summed E-state index contributed by atoms with van der Waals surface area (Å²) < 4.78 is 12.2. The second-order valence-electron chi connectivity index (χ2n) is 18.6. The van der Waals surface area contributed by atoms with Crippen LogP contribution in [0.4, 0.5) is 0 Å². The molecule has 3 aliphatic rings. The van der Waals surface area contributed by atoms with Crippen molar-refractivity contribution in [3.63, 3.8) is 0 Å². The van der Waals surface area contributed by atoms with Crippen LogP contribution in [0.2, 0.25) is 0 Å². The number of rotatable bonds is 30. The maximum Gasteiger partial charge on any atom is 0.311 e. The number of carbonyl (C=O) groups excluding carboxylic acids is 2. The number of hydrogen-bond acceptors (Lipinski definition) is 6. The molecule has 4 rings (SSSR count). The van der Waals surface area contributed by atoms with Crippen molar-refractivity contribution in [3.8, 4) is 17.2 Å². The second kappa shape index (κ2) is 26.1. The van der Waals surface area contributed by atoms with Gasteiger partial charge in [-0.25, -0.2) is 0 Å². The van der Waals surface area contributed by atoms with Crippen molar-refractivity contribution < 1.29 is 29.3 Å². The van der Waals surface area contributed by atoms with Gasteiger partial charge < -0.3 is 19.7 Å². The van der Waals surface area contributed by atoms with Crippen LogP contribution < -0.4 is 9.47 Å². The summed E-state index contributed by atoms with van der Waals surface area (Å²) in [7, 11) is 0. The van der Waals surface area contributed by atoms with Gasteiger partial charge in [-0.3, -0.25) is 9.59 Å². The number of aromatic hydroxyl groups is 1. The molecule has 2 fully saturated rings. The number of ether oxygens (including phenoxy) is 2. The zero-order chi connectivity index (χ0) is 40.0. The first kappa shape index (κ1) is 46.6. The van der Waals surface area contributed by atoms with Gasteiger partial charge in [-0.15, -0.1) is 0 Å². The molecule has 5 atom stereocenters. The Kier molecular flexibility index (Phi) is 21.7. The minimum atomic E-state index is -0.375. The first-order chi connectivity index (χ1) is 27.3. The smallest absolute Gasteiger partial charge is 0.311 e. The standard InChI is InChI=1S/C50H84O6/c1-4-6-8-10-12-14-16-18-20-22-24-26-28-30-45(53)55-48-43(51)38-39-32-33-40-41(36-37-50(3)42(40)34-35-44(50)52)47(39)49(48)56-46(54)31-29-27-25-23-21-19-17-15-13-11-9-7-5-2/h38,40-42,44,51-52H,4-37H2,1-3H3/t40-,41-,42-,44-,50-/m0/s1. The number of aryl methyl sites for hydroxylation is 1. The molecule has 0 aliphatic heterocycles. The third-order valence-electron chi connectivity index (χ3n) is 14.2.